The molecule has 0 saturated carbocycles. The summed E-state index contributed by atoms with van der Waals surface area (Å²) in [5, 5.41) is 31.1. The molecule has 4 atom stereocenters. The molecule has 35 heavy (non-hydrogen) atoms. The van der Waals surface area contributed by atoms with Crippen LogP contribution in [-0.4, -0.2) is 50.6 Å². The summed E-state index contributed by atoms with van der Waals surface area (Å²) in [4.78, 5) is 38.4. The van der Waals surface area contributed by atoms with Crippen LogP contribution < -0.4 is 16.0 Å². The molecule has 0 bridgehead atoms. The normalized spacial score (nSPS) is 21.2. The number of aliphatic hydroxyl groups is 2. The summed E-state index contributed by atoms with van der Waals surface area (Å²) < 4.78 is 18.6. The fourth-order valence-corrected chi connectivity index (χ4v) is 4.63. The van der Waals surface area contributed by atoms with Gasteiger partial charge < -0.3 is 24.4 Å². The van der Waals surface area contributed by atoms with E-state index in [0.717, 1.165) is 4.57 Å². The molecule has 12 nitrogen and oxygen atoms in total. The summed E-state index contributed by atoms with van der Waals surface area (Å²) in [5.41, 5.74) is -1.79. The Labute approximate surface area is 214 Å². The van der Waals surface area contributed by atoms with Crippen LogP contribution in [0.15, 0.2) is 27.9 Å². The number of H-pyrrole nitrogens is 1. The second kappa shape index (κ2) is 10.7. The van der Waals surface area contributed by atoms with Crippen molar-refractivity contribution in [2.75, 3.05) is 13.7 Å². The number of nitro benzene ring substituents is 1. The van der Waals surface area contributed by atoms with E-state index in [4.69, 9.17) is 14.2 Å². The van der Waals surface area contributed by atoms with Gasteiger partial charge in [-0.3, -0.25) is 24.5 Å². The van der Waals surface area contributed by atoms with E-state index in [9.17, 15) is 29.9 Å². The molecule has 1 aliphatic heterocycles. The van der Waals surface area contributed by atoms with E-state index >= 15 is 0 Å². The van der Waals surface area contributed by atoms with Crippen molar-refractivity contribution in [3.63, 3.8) is 0 Å². The standard InChI is InChI=1S/C22H28IN3O9/c1-22(2,3)19(12-5-16(33-4)13(23)6-14(12)26(31)32)34-10-11-8-25(21(30)24-20(11)29)18-7-15(28)17(9-27)35-18/h5-6,8,15,17-19,27-28H,7,9-10H2,1-4H3,(H,24,29,30)/t15?,17-,18-,19+/m0/s1. The Hall–Kier alpha value is -2.33. The summed E-state index contributed by atoms with van der Waals surface area (Å²) >= 11 is 1.95. The molecule has 0 aliphatic carbocycles. The Bertz CT molecular complexity index is 1200. The summed E-state index contributed by atoms with van der Waals surface area (Å²) in [5.74, 6) is 0.450. The van der Waals surface area contributed by atoms with Gasteiger partial charge in [0.1, 0.15) is 18.1 Å². The molecule has 3 N–H and O–H groups in total. The van der Waals surface area contributed by atoms with Gasteiger partial charge >= 0.3 is 5.69 Å². The lowest BCUT2D eigenvalue weighted by atomic mass is 9.83. The molecule has 3 rings (SSSR count). The zero-order valence-electron chi connectivity index (χ0n) is 19.7. The van der Waals surface area contributed by atoms with E-state index in [1.54, 1.807) is 6.07 Å². The van der Waals surface area contributed by atoms with Gasteiger partial charge in [0.2, 0.25) is 0 Å². The maximum atomic E-state index is 12.5. The average Bonchev–Trinajstić information content (AvgIpc) is 3.14. The van der Waals surface area contributed by atoms with Gasteiger partial charge in [0.05, 0.1) is 52.2 Å². The lowest BCUT2D eigenvalue weighted by Crippen LogP contribution is -2.35. The SMILES string of the molecule is COc1cc([C@@H](OCc2cn([C@@H]3CC(O)[C@H](CO)O3)c(=O)[nH]c2=O)C(C)(C)C)c([N+](=O)[O-])cc1I. The highest BCUT2D eigenvalue weighted by Gasteiger charge is 2.36. The molecule has 1 fully saturated rings. The van der Waals surface area contributed by atoms with Gasteiger partial charge in [0, 0.05) is 18.7 Å². The number of hydrogen-bond acceptors (Lipinski definition) is 9. The summed E-state index contributed by atoms with van der Waals surface area (Å²) in [6.07, 6.45) is -2.18. The zero-order chi connectivity index (χ0) is 26.1. The maximum absolute atomic E-state index is 12.5. The number of benzene rings is 1. The van der Waals surface area contributed by atoms with Gasteiger partial charge in [-0.1, -0.05) is 20.8 Å². The number of rotatable bonds is 8. The predicted molar refractivity (Wildman–Crippen MR) is 132 cm³/mol. The molecule has 1 aromatic heterocycles. The van der Waals surface area contributed by atoms with E-state index in [0.29, 0.717) is 9.32 Å². The minimum atomic E-state index is -0.967. The van der Waals surface area contributed by atoms with E-state index in [1.807, 2.05) is 43.4 Å². The molecule has 192 valence electrons. The number of nitro groups is 1. The zero-order valence-corrected chi connectivity index (χ0v) is 21.8. The van der Waals surface area contributed by atoms with Crippen LogP contribution in [0.1, 0.15) is 50.7 Å². The molecule has 0 radical (unpaired) electrons. The van der Waals surface area contributed by atoms with Gasteiger partial charge in [-0.05, 0) is 34.1 Å². The van der Waals surface area contributed by atoms with E-state index in [1.165, 1.54) is 19.4 Å². The molecule has 0 spiro atoms. The second-order valence-corrected chi connectivity index (χ2v) is 10.5. The van der Waals surface area contributed by atoms with Crippen molar-refractivity contribution in [2.24, 2.45) is 5.41 Å². The van der Waals surface area contributed by atoms with Gasteiger partial charge in [-0.15, -0.1) is 0 Å². The molecular formula is C22H28IN3O9. The first kappa shape index (κ1) is 27.3. The van der Waals surface area contributed by atoms with Gasteiger partial charge in [0.15, 0.2) is 0 Å². The smallest absolute Gasteiger partial charge is 0.330 e. The number of aromatic amines is 1. The van der Waals surface area contributed by atoms with Crippen molar-refractivity contribution in [3.8, 4) is 5.75 Å². The number of halogens is 1. The highest BCUT2D eigenvalue weighted by atomic mass is 127. The Morgan fingerprint density at radius 2 is 2.06 bits per heavy atom. The molecule has 1 aromatic carbocycles. The Kier molecular flexibility index (Phi) is 8.36. The van der Waals surface area contributed by atoms with E-state index < -0.39 is 52.7 Å². The highest BCUT2D eigenvalue weighted by Crippen LogP contribution is 2.43. The minimum Gasteiger partial charge on any atom is -0.496 e. The fourth-order valence-electron chi connectivity index (χ4n) is 3.96. The van der Waals surface area contributed by atoms with E-state index in [-0.39, 0.29) is 29.8 Å². The topological polar surface area (TPSA) is 166 Å². The molecule has 13 heteroatoms. The van der Waals surface area contributed by atoms with Crippen LogP contribution >= 0.6 is 22.6 Å². The van der Waals surface area contributed by atoms with Gasteiger partial charge in [0.25, 0.3) is 11.2 Å². The number of ether oxygens (including phenoxy) is 3. The van der Waals surface area contributed by atoms with Crippen molar-refractivity contribution >= 4 is 28.3 Å². The summed E-state index contributed by atoms with van der Waals surface area (Å²) in [6, 6.07) is 2.97. The number of nitrogens with one attached hydrogen (secondary N) is 1. The average molecular weight is 605 g/mol. The number of aliphatic hydroxyl groups excluding tert-OH is 2. The Morgan fingerprint density at radius 3 is 2.60 bits per heavy atom. The third-order valence-corrected chi connectivity index (χ3v) is 6.55. The molecule has 1 unspecified atom stereocenters. The lowest BCUT2D eigenvalue weighted by Gasteiger charge is -2.31. The molecule has 2 aromatic rings. The van der Waals surface area contributed by atoms with Crippen LogP contribution in [0.25, 0.3) is 0 Å². The molecule has 0 amide bonds. The molecular weight excluding hydrogens is 577 g/mol. The minimum absolute atomic E-state index is 0.0523. The van der Waals surface area contributed by atoms with Crippen molar-refractivity contribution in [1.29, 1.82) is 0 Å². The van der Waals surface area contributed by atoms with Gasteiger partial charge in [-0.25, -0.2) is 4.79 Å². The number of aromatic nitrogens is 2. The largest absolute Gasteiger partial charge is 0.496 e. The lowest BCUT2D eigenvalue weighted by molar-refractivity contribution is -0.386. The Morgan fingerprint density at radius 1 is 1.37 bits per heavy atom. The van der Waals surface area contributed by atoms with Crippen molar-refractivity contribution in [1.82, 2.24) is 9.55 Å². The van der Waals surface area contributed by atoms with Crippen LogP contribution in [0, 0.1) is 19.1 Å². The first-order valence-corrected chi connectivity index (χ1v) is 11.9. The number of nitrogens with zero attached hydrogens (tertiary/aromatic N) is 2. The fraction of sp³-hybridized carbons (Fsp3) is 0.545. The van der Waals surface area contributed by atoms with Gasteiger partial charge in [-0.2, -0.15) is 0 Å². The summed E-state index contributed by atoms with van der Waals surface area (Å²) in [7, 11) is 1.46. The van der Waals surface area contributed by atoms with Crippen LogP contribution in [0.3, 0.4) is 0 Å². The van der Waals surface area contributed by atoms with Crippen LogP contribution in [0.5, 0.6) is 5.75 Å². The maximum Gasteiger partial charge on any atom is 0.330 e. The third kappa shape index (κ3) is 5.91. The van der Waals surface area contributed by atoms with Crippen LogP contribution in [0.2, 0.25) is 0 Å². The third-order valence-electron chi connectivity index (χ3n) is 5.71. The quantitative estimate of drug-likeness (QED) is 0.232. The monoisotopic (exact) mass is 605 g/mol. The molecule has 2 heterocycles. The number of methoxy groups -OCH3 is 1. The molecule has 1 aliphatic rings. The van der Waals surface area contributed by atoms with Crippen molar-refractivity contribution in [2.45, 2.75) is 58.3 Å². The van der Waals surface area contributed by atoms with Crippen molar-refractivity contribution in [3.05, 3.63) is 64.0 Å². The van der Waals surface area contributed by atoms with Crippen molar-refractivity contribution < 1.29 is 29.3 Å². The molecule has 1 saturated heterocycles. The highest BCUT2D eigenvalue weighted by molar-refractivity contribution is 14.1. The first-order valence-electron chi connectivity index (χ1n) is 10.8. The number of hydrogen-bond donors (Lipinski definition) is 3. The first-order chi connectivity index (χ1) is 16.4. The second-order valence-electron chi connectivity index (χ2n) is 9.30. The van der Waals surface area contributed by atoms with E-state index in [2.05, 4.69) is 4.98 Å². The predicted octanol–water partition coefficient (Wildman–Crippen LogP) is 2.00. The van der Waals surface area contributed by atoms with Crippen LogP contribution in [-0.2, 0) is 16.1 Å². The van der Waals surface area contributed by atoms with Crippen LogP contribution in [0.4, 0.5) is 5.69 Å². The Balaban J connectivity index is 1.97. The summed E-state index contributed by atoms with van der Waals surface area (Å²) in [6.45, 7) is 4.86.